The zero-order valence-electron chi connectivity index (χ0n) is 9.95. The number of phenols is 1. The topological polar surface area (TPSA) is 44.0 Å². The van der Waals surface area contributed by atoms with E-state index in [0.717, 1.165) is 23.3 Å². The summed E-state index contributed by atoms with van der Waals surface area (Å²) in [7, 11) is 0. The van der Waals surface area contributed by atoms with E-state index in [0.29, 0.717) is 11.7 Å². The quantitative estimate of drug-likeness (QED) is 0.639. The Hall–Kier alpha value is -1.14. The van der Waals surface area contributed by atoms with E-state index >= 15 is 0 Å². The molecule has 1 atom stereocenters. The number of thiocyanates is 1. The van der Waals surface area contributed by atoms with Crippen molar-refractivity contribution in [2.45, 2.75) is 33.1 Å². The van der Waals surface area contributed by atoms with Gasteiger partial charge in [-0.2, -0.15) is 5.26 Å². The third kappa shape index (κ3) is 3.18. The van der Waals surface area contributed by atoms with Crippen LogP contribution in [0.3, 0.4) is 0 Å². The van der Waals surface area contributed by atoms with Gasteiger partial charge in [-0.25, -0.2) is 0 Å². The maximum absolute atomic E-state index is 9.47. The van der Waals surface area contributed by atoms with Crippen LogP contribution in [0, 0.1) is 24.5 Å². The van der Waals surface area contributed by atoms with Gasteiger partial charge in [-0.1, -0.05) is 6.92 Å². The van der Waals surface area contributed by atoms with Gasteiger partial charge in [0.05, 0.1) is 0 Å². The monoisotopic (exact) mass is 235 g/mol. The largest absolute Gasteiger partial charge is 0.508 e. The van der Waals surface area contributed by atoms with Gasteiger partial charge in [0.25, 0.3) is 0 Å². The maximum atomic E-state index is 9.47. The zero-order valence-corrected chi connectivity index (χ0v) is 10.8. The number of aromatic hydroxyl groups is 1. The highest BCUT2D eigenvalue weighted by Gasteiger charge is 2.12. The summed E-state index contributed by atoms with van der Waals surface area (Å²) in [4.78, 5) is 0. The summed E-state index contributed by atoms with van der Waals surface area (Å²) >= 11 is 1.30. The molecular formula is C13H17NOS. The molecule has 1 aromatic carbocycles. The highest BCUT2D eigenvalue weighted by molar-refractivity contribution is 8.03. The number of rotatable bonds is 4. The Morgan fingerprint density at radius 1 is 1.38 bits per heavy atom. The molecule has 0 aliphatic carbocycles. The molecule has 0 aliphatic rings. The van der Waals surface area contributed by atoms with Gasteiger partial charge in [0.2, 0.25) is 0 Å². The summed E-state index contributed by atoms with van der Waals surface area (Å²) in [5.74, 6) is 1.62. The lowest BCUT2D eigenvalue weighted by molar-refractivity contribution is 0.473. The smallest absolute Gasteiger partial charge is 0.133 e. The molecule has 1 unspecified atom stereocenters. The van der Waals surface area contributed by atoms with Gasteiger partial charge in [-0.3, -0.25) is 0 Å². The molecule has 0 aromatic heterocycles. The summed E-state index contributed by atoms with van der Waals surface area (Å²) in [6.07, 6.45) is 0.991. The second-order valence-electron chi connectivity index (χ2n) is 4.12. The number of hydrogen-bond acceptors (Lipinski definition) is 3. The number of benzene rings is 1. The van der Waals surface area contributed by atoms with Gasteiger partial charge in [0.15, 0.2) is 0 Å². The first-order chi connectivity index (χ1) is 7.56. The predicted octanol–water partition coefficient (Wildman–Crippen LogP) is 3.72. The molecule has 1 aromatic rings. The molecule has 2 nitrogen and oxygen atoms in total. The second kappa shape index (κ2) is 5.81. The summed E-state index contributed by atoms with van der Waals surface area (Å²) in [5.41, 5.74) is 3.57. The van der Waals surface area contributed by atoms with E-state index in [1.807, 2.05) is 13.8 Å². The Morgan fingerprint density at radius 2 is 1.94 bits per heavy atom. The molecule has 0 radical (unpaired) electrons. The Kier molecular flexibility index (Phi) is 4.70. The summed E-state index contributed by atoms with van der Waals surface area (Å²) < 4.78 is 0. The highest BCUT2D eigenvalue weighted by atomic mass is 32.2. The van der Waals surface area contributed by atoms with Crippen LogP contribution in [-0.2, 0) is 0 Å². The first kappa shape index (κ1) is 12.9. The van der Waals surface area contributed by atoms with Crippen molar-refractivity contribution in [2.24, 2.45) is 0 Å². The fraction of sp³-hybridized carbons (Fsp3) is 0.462. The first-order valence-electron chi connectivity index (χ1n) is 5.37. The van der Waals surface area contributed by atoms with E-state index < -0.39 is 0 Å². The van der Waals surface area contributed by atoms with Gasteiger partial charge < -0.3 is 5.11 Å². The Bertz CT molecular complexity index is 386. The van der Waals surface area contributed by atoms with Crippen LogP contribution in [0.2, 0.25) is 0 Å². The minimum atomic E-state index is 0.331. The molecule has 0 aliphatic heterocycles. The Labute approximate surface area is 101 Å². The molecule has 16 heavy (non-hydrogen) atoms. The van der Waals surface area contributed by atoms with Crippen molar-refractivity contribution in [3.63, 3.8) is 0 Å². The highest BCUT2D eigenvalue weighted by Crippen LogP contribution is 2.30. The average molecular weight is 235 g/mol. The van der Waals surface area contributed by atoms with Gasteiger partial charge in [0, 0.05) is 5.75 Å². The normalized spacial score (nSPS) is 12.1. The van der Waals surface area contributed by atoms with Crippen LogP contribution >= 0.6 is 11.8 Å². The molecule has 3 heteroatoms. The van der Waals surface area contributed by atoms with E-state index in [9.17, 15) is 5.11 Å². The maximum Gasteiger partial charge on any atom is 0.133 e. The Balaban J connectivity index is 2.83. The van der Waals surface area contributed by atoms with Crippen LogP contribution in [0.15, 0.2) is 12.1 Å². The summed E-state index contributed by atoms with van der Waals surface area (Å²) in [5, 5.41) is 20.0. The van der Waals surface area contributed by atoms with Gasteiger partial charge in [-0.15, -0.1) is 0 Å². The average Bonchev–Trinajstić information content (AvgIpc) is 2.16. The SMILES string of the molecule is Cc1cc(O)cc(C)c1C(C)CCSC#N. The lowest BCUT2D eigenvalue weighted by Crippen LogP contribution is -2.01. The second-order valence-corrected chi connectivity index (χ2v) is 5.00. The molecular weight excluding hydrogens is 218 g/mol. The predicted molar refractivity (Wildman–Crippen MR) is 68.7 cm³/mol. The van der Waals surface area contributed by atoms with E-state index in [4.69, 9.17) is 5.26 Å². The molecule has 0 fully saturated rings. The van der Waals surface area contributed by atoms with Crippen LogP contribution < -0.4 is 0 Å². The summed E-state index contributed by atoms with van der Waals surface area (Å²) in [6.45, 7) is 6.22. The minimum absolute atomic E-state index is 0.331. The van der Waals surface area contributed by atoms with Crippen LogP contribution in [0.4, 0.5) is 0 Å². The molecule has 0 saturated carbocycles. The standard InChI is InChI=1S/C13H17NOS/c1-9(4-5-16-8-14)13-10(2)6-12(15)7-11(13)3/h6-7,9,15H,4-5H2,1-3H3. The van der Waals surface area contributed by atoms with E-state index in [2.05, 4.69) is 12.3 Å². The van der Waals surface area contributed by atoms with Gasteiger partial charge in [0.1, 0.15) is 11.2 Å². The van der Waals surface area contributed by atoms with Crippen molar-refractivity contribution in [3.05, 3.63) is 28.8 Å². The molecule has 86 valence electrons. The van der Waals surface area contributed by atoms with Gasteiger partial charge in [-0.05, 0) is 66.8 Å². The van der Waals surface area contributed by atoms with Gasteiger partial charge >= 0.3 is 0 Å². The van der Waals surface area contributed by atoms with Crippen molar-refractivity contribution in [3.8, 4) is 11.2 Å². The van der Waals surface area contributed by atoms with E-state index in [1.54, 1.807) is 12.1 Å². The van der Waals surface area contributed by atoms with E-state index in [-0.39, 0.29) is 0 Å². The fourth-order valence-corrected chi connectivity index (χ4v) is 2.72. The lowest BCUT2D eigenvalue weighted by atomic mass is 9.90. The number of hydrogen-bond donors (Lipinski definition) is 1. The minimum Gasteiger partial charge on any atom is -0.508 e. The molecule has 1 rings (SSSR count). The molecule has 0 spiro atoms. The number of aryl methyl sites for hydroxylation is 2. The van der Waals surface area contributed by atoms with Crippen molar-refractivity contribution in [1.29, 1.82) is 5.26 Å². The molecule has 1 N–H and O–H groups in total. The molecule has 0 saturated heterocycles. The molecule has 0 amide bonds. The van der Waals surface area contributed by atoms with Crippen molar-refractivity contribution >= 4 is 11.8 Å². The first-order valence-corrected chi connectivity index (χ1v) is 6.35. The van der Waals surface area contributed by atoms with E-state index in [1.165, 1.54) is 17.3 Å². The zero-order chi connectivity index (χ0) is 12.1. The van der Waals surface area contributed by atoms with Crippen LogP contribution in [0.1, 0.15) is 36.0 Å². The third-order valence-corrected chi connectivity index (χ3v) is 3.36. The van der Waals surface area contributed by atoms with Crippen LogP contribution in [0.25, 0.3) is 0 Å². The Morgan fingerprint density at radius 3 is 2.44 bits per heavy atom. The summed E-state index contributed by atoms with van der Waals surface area (Å²) in [6, 6.07) is 3.60. The van der Waals surface area contributed by atoms with Crippen molar-refractivity contribution < 1.29 is 5.11 Å². The number of thioether (sulfide) groups is 1. The van der Waals surface area contributed by atoms with Crippen molar-refractivity contribution in [2.75, 3.05) is 5.75 Å². The molecule has 0 bridgehead atoms. The number of nitrogens with zero attached hydrogens (tertiary/aromatic N) is 1. The van der Waals surface area contributed by atoms with Crippen LogP contribution in [-0.4, -0.2) is 10.9 Å². The molecule has 0 heterocycles. The fourth-order valence-electron chi connectivity index (χ4n) is 2.15. The number of phenolic OH excluding ortho intramolecular Hbond substituents is 1. The van der Waals surface area contributed by atoms with Crippen LogP contribution in [0.5, 0.6) is 5.75 Å². The lowest BCUT2D eigenvalue weighted by Gasteiger charge is -2.17. The third-order valence-electron chi connectivity index (χ3n) is 2.79. The van der Waals surface area contributed by atoms with Crippen molar-refractivity contribution in [1.82, 2.24) is 0 Å². The number of nitriles is 1.